The summed E-state index contributed by atoms with van der Waals surface area (Å²) in [6.07, 6.45) is 8.53. The quantitative estimate of drug-likeness (QED) is 0.409. The topological polar surface area (TPSA) is 121 Å². The van der Waals surface area contributed by atoms with Crippen LogP contribution in [0.4, 0.5) is 5.82 Å². The molecule has 4 N–H and O–H groups in total. The number of nitrogen functional groups attached to an aromatic ring is 1. The highest BCUT2D eigenvalue weighted by molar-refractivity contribution is 5.91. The zero-order valence-electron chi connectivity index (χ0n) is 17.3. The zero-order chi connectivity index (χ0) is 21.7. The highest BCUT2D eigenvalue weighted by Crippen LogP contribution is 2.35. The van der Waals surface area contributed by atoms with Gasteiger partial charge in [-0.15, -0.1) is 0 Å². The summed E-state index contributed by atoms with van der Waals surface area (Å²) in [5.74, 6) is 1.93. The molecule has 0 unspecified atom stereocenters. The van der Waals surface area contributed by atoms with Gasteiger partial charge in [-0.25, -0.2) is 15.0 Å². The molecule has 1 amide bonds. The fraction of sp³-hybridized carbons (Fsp3) is 0.217. The Bertz CT molecular complexity index is 1390. The molecule has 0 aliphatic carbocycles. The van der Waals surface area contributed by atoms with E-state index in [-0.39, 0.29) is 11.8 Å². The fourth-order valence-electron chi connectivity index (χ4n) is 4.64. The predicted octanol–water partition coefficient (Wildman–Crippen LogP) is 3.20. The largest absolute Gasteiger partial charge is 0.382 e. The highest BCUT2D eigenvalue weighted by Gasteiger charge is 2.29. The SMILES string of the molecule is Nc1nccn2c(C3CCN(C(=O)c4ncc[nH]4)CC3)nc(-c3cc4ccccc4[nH]3)c12. The number of nitrogens with two attached hydrogens (primary N) is 1. The minimum atomic E-state index is -0.0614. The number of aromatic nitrogens is 6. The van der Waals surface area contributed by atoms with Gasteiger partial charge in [-0.05, 0) is 25.0 Å². The third-order valence-corrected chi connectivity index (χ3v) is 6.24. The lowest BCUT2D eigenvalue weighted by molar-refractivity contribution is 0.0699. The maximum Gasteiger partial charge on any atom is 0.289 e. The maximum absolute atomic E-state index is 12.6. The molecule has 0 saturated carbocycles. The number of imidazole rings is 2. The summed E-state index contributed by atoms with van der Waals surface area (Å²) in [7, 11) is 0. The van der Waals surface area contributed by atoms with E-state index in [1.807, 2.05) is 29.3 Å². The van der Waals surface area contributed by atoms with Gasteiger partial charge < -0.3 is 20.6 Å². The Hall–Kier alpha value is -4.14. The number of H-pyrrole nitrogens is 2. The molecule has 1 aromatic carbocycles. The summed E-state index contributed by atoms with van der Waals surface area (Å²) in [4.78, 5) is 34.3. The molecule has 9 heteroatoms. The van der Waals surface area contributed by atoms with Crippen LogP contribution in [0.15, 0.2) is 55.1 Å². The Kier molecular flexibility index (Phi) is 4.20. The van der Waals surface area contributed by atoms with Crippen molar-refractivity contribution in [2.24, 2.45) is 0 Å². The number of fused-ring (bicyclic) bond motifs is 2. The maximum atomic E-state index is 12.6. The second-order valence-corrected chi connectivity index (χ2v) is 8.12. The summed E-state index contributed by atoms with van der Waals surface area (Å²) in [6.45, 7) is 1.31. The average Bonchev–Trinajstić information content (AvgIpc) is 3.57. The molecule has 4 aromatic heterocycles. The molecule has 0 radical (unpaired) electrons. The first-order valence-corrected chi connectivity index (χ1v) is 10.7. The zero-order valence-corrected chi connectivity index (χ0v) is 17.3. The van der Waals surface area contributed by atoms with Crippen LogP contribution < -0.4 is 5.73 Å². The molecule has 0 bridgehead atoms. The van der Waals surface area contributed by atoms with Crippen LogP contribution >= 0.6 is 0 Å². The van der Waals surface area contributed by atoms with E-state index in [1.165, 1.54) is 0 Å². The Labute approximate surface area is 183 Å². The van der Waals surface area contributed by atoms with Crippen LogP contribution in [0.3, 0.4) is 0 Å². The molecule has 0 atom stereocenters. The fourth-order valence-corrected chi connectivity index (χ4v) is 4.64. The number of nitrogens with one attached hydrogen (secondary N) is 2. The van der Waals surface area contributed by atoms with Gasteiger partial charge in [0.25, 0.3) is 5.91 Å². The summed E-state index contributed by atoms with van der Waals surface area (Å²) in [5, 5.41) is 1.12. The number of hydrogen-bond acceptors (Lipinski definition) is 5. The molecule has 32 heavy (non-hydrogen) atoms. The van der Waals surface area contributed by atoms with Crippen LogP contribution in [0.5, 0.6) is 0 Å². The van der Waals surface area contributed by atoms with Crippen LogP contribution in [-0.4, -0.2) is 53.2 Å². The molecule has 6 rings (SSSR count). The number of anilines is 1. The van der Waals surface area contributed by atoms with Crippen molar-refractivity contribution in [1.82, 2.24) is 34.2 Å². The molecule has 5 heterocycles. The van der Waals surface area contributed by atoms with Crippen molar-refractivity contribution in [3.63, 3.8) is 0 Å². The average molecular weight is 426 g/mol. The molecule has 1 aliphatic heterocycles. The normalized spacial score (nSPS) is 15.1. The highest BCUT2D eigenvalue weighted by atomic mass is 16.2. The number of carbonyl (C=O) groups excluding carboxylic acids is 1. The Morgan fingerprint density at radius 1 is 1.12 bits per heavy atom. The van der Waals surface area contributed by atoms with Crippen molar-refractivity contribution < 1.29 is 4.79 Å². The van der Waals surface area contributed by atoms with Gasteiger partial charge in [0, 0.05) is 54.7 Å². The van der Waals surface area contributed by atoms with E-state index in [1.54, 1.807) is 18.6 Å². The number of amides is 1. The Morgan fingerprint density at radius 2 is 1.97 bits per heavy atom. The van der Waals surface area contributed by atoms with E-state index in [0.29, 0.717) is 24.7 Å². The van der Waals surface area contributed by atoms with Crippen molar-refractivity contribution in [2.75, 3.05) is 18.8 Å². The number of hydrogen-bond donors (Lipinski definition) is 3. The van der Waals surface area contributed by atoms with Gasteiger partial charge in [0.15, 0.2) is 5.82 Å². The Morgan fingerprint density at radius 3 is 2.75 bits per heavy atom. The van der Waals surface area contributed by atoms with Crippen molar-refractivity contribution in [3.8, 4) is 11.4 Å². The lowest BCUT2D eigenvalue weighted by atomic mass is 9.96. The summed E-state index contributed by atoms with van der Waals surface area (Å²) in [5.41, 5.74) is 9.88. The first-order valence-electron chi connectivity index (χ1n) is 10.7. The number of rotatable bonds is 3. The monoisotopic (exact) mass is 426 g/mol. The smallest absolute Gasteiger partial charge is 0.289 e. The van der Waals surface area contributed by atoms with Crippen LogP contribution in [0.2, 0.25) is 0 Å². The van der Waals surface area contributed by atoms with E-state index in [9.17, 15) is 4.79 Å². The number of para-hydroxylation sites is 1. The summed E-state index contributed by atoms with van der Waals surface area (Å²) in [6, 6.07) is 10.2. The van der Waals surface area contributed by atoms with Gasteiger partial charge in [0.1, 0.15) is 22.9 Å². The third-order valence-electron chi connectivity index (χ3n) is 6.24. The summed E-state index contributed by atoms with van der Waals surface area (Å²) >= 11 is 0. The molecule has 5 aromatic rings. The predicted molar refractivity (Wildman–Crippen MR) is 121 cm³/mol. The van der Waals surface area contributed by atoms with Crippen molar-refractivity contribution in [1.29, 1.82) is 0 Å². The van der Waals surface area contributed by atoms with E-state index >= 15 is 0 Å². The molecule has 9 nitrogen and oxygen atoms in total. The van der Waals surface area contributed by atoms with E-state index in [4.69, 9.17) is 10.7 Å². The van der Waals surface area contributed by atoms with Crippen molar-refractivity contribution >= 4 is 28.1 Å². The van der Waals surface area contributed by atoms with Gasteiger partial charge in [0.05, 0.1) is 5.69 Å². The van der Waals surface area contributed by atoms with E-state index in [0.717, 1.165) is 46.5 Å². The van der Waals surface area contributed by atoms with Gasteiger partial charge in [-0.1, -0.05) is 18.2 Å². The second-order valence-electron chi connectivity index (χ2n) is 8.12. The number of aromatic amines is 2. The third kappa shape index (κ3) is 2.93. The number of piperidine rings is 1. The molecule has 0 spiro atoms. The standard InChI is InChI=1S/C23H22N8O/c24-20-19-18(17-13-15-3-1-2-4-16(15)28-17)29-22(31(19)12-9-25-20)14-5-10-30(11-6-14)23(32)21-26-7-8-27-21/h1-4,7-9,12-14,28H,5-6,10-11H2,(H2,24,25)(H,26,27). The molecule has 1 fully saturated rings. The number of nitrogens with zero attached hydrogens (tertiary/aromatic N) is 5. The van der Waals surface area contributed by atoms with E-state index in [2.05, 4.69) is 36.5 Å². The van der Waals surface area contributed by atoms with E-state index < -0.39 is 0 Å². The lowest BCUT2D eigenvalue weighted by Crippen LogP contribution is -2.38. The minimum Gasteiger partial charge on any atom is -0.382 e. The first-order chi connectivity index (χ1) is 15.7. The number of benzene rings is 1. The van der Waals surface area contributed by atoms with Crippen molar-refractivity contribution in [2.45, 2.75) is 18.8 Å². The summed E-state index contributed by atoms with van der Waals surface area (Å²) < 4.78 is 2.05. The first kappa shape index (κ1) is 18.6. The van der Waals surface area contributed by atoms with Gasteiger partial charge in [-0.3, -0.25) is 9.20 Å². The molecular weight excluding hydrogens is 404 g/mol. The van der Waals surface area contributed by atoms with Crippen LogP contribution in [0.1, 0.15) is 35.2 Å². The van der Waals surface area contributed by atoms with Crippen molar-refractivity contribution in [3.05, 3.63) is 66.8 Å². The second kappa shape index (κ2) is 7.23. The minimum absolute atomic E-state index is 0.0614. The van der Waals surface area contributed by atoms with Crippen LogP contribution in [-0.2, 0) is 0 Å². The Balaban J connectivity index is 1.35. The number of carbonyl (C=O) groups is 1. The molecule has 1 saturated heterocycles. The number of likely N-dealkylation sites (tertiary alicyclic amines) is 1. The van der Waals surface area contributed by atoms with Gasteiger partial charge in [-0.2, -0.15) is 0 Å². The van der Waals surface area contributed by atoms with Crippen LogP contribution in [0.25, 0.3) is 27.8 Å². The van der Waals surface area contributed by atoms with Gasteiger partial charge >= 0.3 is 0 Å². The molecule has 1 aliphatic rings. The van der Waals surface area contributed by atoms with Crippen LogP contribution in [0, 0.1) is 0 Å². The van der Waals surface area contributed by atoms with Gasteiger partial charge in [0.2, 0.25) is 0 Å². The molecular formula is C23H22N8O. The lowest BCUT2D eigenvalue weighted by Gasteiger charge is -2.30. The molecule has 160 valence electrons.